The van der Waals surface area contributed by atoms with E-state index in [0.29, 0.717) is 17.6 Å². The molecule has 0 amide bonds. The fourth-order valence-corrected chi connectivity index (χ4v) is 9.49. The molecule has 12 atom stereocenters. The summed E-state index contributed by atoms with van der Waals surface area (Å²) in [6.07, 6.45) is -4.51. The predicted octanol–water partition coefficient (Wildman–Crippen LogP) is 4.01. The molecule has 13 heteroatoms. The van der Waals surface area contributed by atoms with E-state index in [-0.39, 0.29) is 12.8 Å². The second-order valence-corrected chi connectivity index (χ2v) is 15.0. The zero-order valence-corrected chi connectivity index (χ0v) is 29.6. The monoisotopic (exact) mass is 688 g/mol. The highest BCUT2D eigenvalue weighted by molar-refractivity contribution is 5.80. The number of carbonyl (C=O) groups excluding carboxylic acids is 5. The Morgan fingerprint density at radius 2 is 1.73 bits per heavy atom. The maximum absolute atomic E-state index is 13.7. The van der Waals surface area contributed by atoms with E-state index in [9.17, 15) is 29.1 Å². The largest absolute Gasteiger partial charge is 0.472 e. The van der Waals surface area contributed by atoms with Crippen LogP contribution in [0.4, 0.5) is 0 Å². The number of hydrogen-bond acceptors (Lipinski definition) is 13. The van der Waals surface area contributed by atoms with Gasteiger partial charge in [0.2, 0.25) is 0 Å². The van der Waals surface area contributed by atoms with Crippen LogP contribution in [-0.4, -0.2) is 78.2 Å². The van der Waals surface area contributed by atoms with Gasteiger partial charge in [0.05, 0.1) is 31.0 Å². The Morgan fingerprint density at radius 1 is 1.08 bits per heavy atom. The normalized spacial score (nSPS) is 39.7. The van der Waals surface area contributed by atoms with Gasteiger partial charge in [-0.1, -0.05) is 41.2 Å². The van der Waals surface area contributed by atoms with Crippen molar-refractivity contribution >= 4 is 29.8 Å². The van der Waals surface area contributed by atoms with Crippen LogP contribution in [0, 0.1) is 34.0 Å². The zero-order valence-electron chi connectivity index (χ0n) is 29.6. The second kappa shape index (κ2) is 12.6. The van der Waals surface area contributed by atoms with Gasteiger partial charge in [0.25, 0.3) is 0 Å². The number of carbonyl (C=O) groups is 5. The molecule has 12 unspecified atom stereocenters. The van der Waals surface area contributed by atoms with E-state index in [1.807, 2.05) is 27.7 Å². The van der Waals surface area contributed by atoms with Crippen LogP contribution in [0.5, 0.6) is 0 Å². The minimum atomic E-state index is -1.99. The average molecular weight is 689 g/mol. The Hall–Kier alpha value is -3.71. The molecule has 2 aliphatic heterocycles. The summed E-state index contributed by atoms with van der Waals surface area (Å²) in [5.41, 5.74) is -4.97. The third-order valence-electron chi connectivity index (χ3n) is 12.2. The summed E-state index contributed by atoms with van der Waals surface area (Å²) in [5.74, 6) is -5.30. The molecule has 270 valence electrons. The van der Waals surface area contributed by atoms with Crippen molar-refractivity contribution in [3.05, 3.63) is 36.3 Å². The summed E-state index contributed by atoms with van der Waals surface area (Å²) in [4.78, 5) is 66.0. The Kier molecular flexibility index (Phi) is 9.37. The number of fused-ring (bicyclic) bond motifs is 3. The number of cyclic esters (lactones) is 1. The first-order valence-electron chi connectivity index (χ1n) is 16.7. The summed E-state index contributed by atoms with van der Waals surface area (Å²) >= 11 is 0. The van der Waals surface area contributed by atoms with Gasteiger partial charge in [0.1, 0.15) is 30.0 Å². The Bertz CT molecular complexity index is 1510. The van der Waals surface area contributed by atoms with Crippen LogP contribution >= 0.6 is 0 Å². The lowest BCUT2D eigenvalue weighted by atomic mass is 9.40. The van der Waals surface area contributed by atoms with Crippen molar-refractivity contribution in [2.24, 2.45) is 34.0 Å². The number of rotatable bonds is 8. The summed E-state index contributed by atoms with van der Waals surface area (Å²) in [5, 5.41) is 12.0. The fraction of sp³-hybridized carbons (Fsp3) is 0.694. The molecule has 1 spiro atoms. The van der Waals surface area contributed by atoms with Crippen molar-refractivity contribution in [3.8, 4) is 0 Å². The molecule has 1 aromatic rings. The van der Waals surface area contributed by atoms with Crippen LogP contribution in [-0.2, 0) is 52.4 Å². The number of aliphatic hydroxyl groups is 1. The number of aliphatic hydroxyl groups excluding tert-OH is 1. The molecule has 1 aromatic heterocycles. The van der Waals surface area contributed by atoms with E-state index in [4.69, 9.17) is 32.8 Å². The molecule has 2 bridgehead atoms. The van der Waals surface area contributed by atoms with E-state index < -0.39 is 106 Å². The van der Waals surface area contributed by atoms with E-state index >= 15 is 0 Å². The summed E-state index contributed by atoms with van der Waals surface area (Å²) < 4.78 is 41.9. The molecular weight excluding hydrogens is 640 g/mol. The minimum absolute atomic E-state index is 0.115. The Morgan fingerprint density at radius 3 is 2.29 bits per heavy atom. The highest BCUT2D eigenvalue weighted by Gasteiger charge is 2.81. The molecule has 0 aromatic carbocycles. The molecule has 2 aliphatic carbocycles. The predicted molar refractivity (Wildman–Crippen MR) is 169 cm³/mol. The zero-order chi connectivity index (χ0) is 36.4. The maximum Gasteiger partial charge on any atom is 0.339 e. The molecule has 5 rings (SSSR count). The lowest BCUT2D eigenvalue weighted by molar-refractivity contribution is -0.369. The standard InChI is InChI=1S/C36H48O13/c1-11-17(2)31(41)47-26-29(46-20(5)38)33(6,7)23(15-25(39)43-10)34(8)22-14-24(45-19(4)37)35(9)28(21-12-13-44-16-21)48-32(42)27(40)36(35,18(22)3)49-30(26)34/h12-13,16-17,22-24,26-30,40H,3,11,14-15H2,1-2,4-10H3. The Labute approximate surface area is 285 Å². The third-order valence-corrected chi connectivity index (χ3v) is 12.2. The van der Waals surface area contributed by atoms with Crippen molar-refractivity contribution in [1.82, 2.24) is 0 Å². The summed E-state index contributed by atoms with van der Waals surface area (Å²) in [6, 6.07) is 1.60. The number of furan rings is 1. The first-order chi connectivity index (χ1) is 22.8. The molecule has 3 heterocycles. The van der Waals surface area contributed by atoms with Crippen molar-refractivity contribution in [2.75, 3.05) is 7.11 Å². The average Bonchev–Trinajstić information content (AvgIpc) is 3.57. The first-order valence-corrected chi connectivity index (χ1v) is 16.7. The van der Waals surface area contributed by atoms with Gasteiger partial charge < -0.3 is 37.9 Å². The number of esters is 5. The number of hydrogen-bond donors (Lipinski definition) is 1. The molecule has 4 aliphatic rings. The van der Waals surface area contributed by atoms with Gasteiger partial charge >= 0.3 is 29.8 Å². The number of methoxy groups -OCH3 is 1. The topological polar surface area (TPSA) is 174 Å². The molecule has 4 fully saturated rings. The molecule has 2 saturated carbocycles. The fourth-order valence-electron chi connectivity index (χ4n) is 9.49. The molecule has 13 nitrogen and oxygen atoms in total. The lowest BCUT2D eigenvalue weighted by Crippen LogP contribution is -2.82. The quantitative estimate of drug-likeness (QED) is 0.236. The molecule has 0 radical (unpaired) electrons. The molecular formula is C36H48O13. The van der Waals surface area contributed by atoms with Crippen molar-refractivity contribution in [1.29, 1.82) is 0 Å². The van der Waals surface area contributed by atoms with Gasteiger partial charge in [-0.2, -0.15) is 0 Å². The van der Waals surface area contributed by atoms with Gasteiger partial charge in [-0.15, -0.1) is 0 Å². The molecule has 2 saturated heterocycles. The van der Waals surface area contributed by atoms with Crippen LogP contribution in [0.3, 0.4) is 0 Å². The van der Waals surface area contributed by atoms with Crippen LogP contribution in [0.1, 0.15) is 86.3 Å². The third kappa shape index (κ3) is 5.21. The van der Waals surface area contributed by atoms with Crippen molar-refractivity contribution in [3.63, 3.8) is 0 Å². The van der Waals surface area contributed by atoms with Crippen LogP contribution in [0.15, 0.2) is 35.2 Å². The van der Waals surface area contributed by atoms with E-state index in [0.717, 1.165) is 0 Å². The van der Waals surface area contributed by atoms with Gasteiger partial charge in [-0.3, -0.25) is 19.2 Å². The van der Waals surface area contributed by atoms with E-state index in [1.165, 1.54) is 33.5 Å². The van der Waals surface area contributed by atoms with Crippen molar-refractivity contribution in [2.45, 2.75) is 117 Å². The molecule has 1 N–H and O–H groups in total. The molecule has 49 heavy (non-hydrogen) atoms. The highest BCUT2D eigenvalue weighted by atomic mass is 16.6. The van der Waals surface area contributed by atoms with Crippen LogP contribution in [0.2, 0.25) is 0 Å². The summed E-state index contributed by atoms with van der Waals surface area (Å²) in [7, 11) is 1.27. The van der Waals surface area contributed by atoms with Crippen LogP contribution in [0.25, 0.3) is 0 Å². The highest BCUT2D eigenvalue weighted by Crippen LogP contribution is 2.73. The first kappa shape index (κ1) is 36.6. The van der Waals surface area contributed by atoms with Gasteiger partial charge in [-0.05, 0) is 43.2 Å². The van der Waals surface area contributed by atoms with Crippen LogP contribution < -0.4 is 0 Å². The van der Waals surface area contributed by atoms with Gasteiger partial charge in [0, 0.05) is 36.7 Å². The summed E-state index contributed by atoms with van der Waals surface area (Å²) in [6.45, 7) is 17.7. The Balaban J connectivity index is 1.83. The second-order valence-electron chi connectivity index (χ2n) is 15.0. The lowest BCUT2D eigenvalue weighted by Gasteiger charge is -2.73. The van der Waals surface area contributed by atoms with Gasteiger partial charge in [0.15, 0.2) is 12.2 Å². The van der Waals surface area contributed by atoms with Gasteiger partial charge in [-0.25, -0.2) is 4.79 Å². The maximum atomic E-state index is 13.7. The minimum Gasteiger partial charge on any atom is -0.472 e. The smallest absolute Gasteiger partial charge is 0.339 e. The SMILES string of the molecule is C=C1C2CC(OC(C)=O)C3(C)C(c4ccoc4)OC(=O)C(O)C13OC1C(OC(=O)C(C)CC)C(OC(C)=O)C(C)(C)C(CC(=O)OC)C21C. The van der Waals surface area contributed by atoms with E-state index in [2.05, 4.69) is 6.58 Å². The van der Waals surface area contributed by atoms with Crippen molar-refractivity contribution < 1.29 is 61.9 Å². The number of ether oxygens (including phenoxy) is 6. The van der Waals surface area contributed by atoms with E-state index in [1.54, 1.807) is 19.9 Å².